The maximum atomic E-state index is 13.1. The molecule has 31 heavy (non-hydrogen) atoms. The molecule has 1 amide bonds. The monoisotopic (exact) mass is 422 g/mol. The summed E-state index contributed by atoms with van der Waals surface area (Å²) < 4.78 is 0. The number of rotatable bonds is 6. The number of carbonyl (C=O) groups excluding carboxylic acids is 1. The number of benzene rings is 2. The van der Waals surface area contributed by atoms with Gasteiger partial charge in [0.05, 0.1) is 16.2 Å². The highest BCUT2D eigenvalue weighted by atomic mass is 16.6. The lowest BCUT2D eigenvalue weighted by atomic mass is 10.0. The molecular formula is C24H30N4O3. The Bertz CT molecular complexity index is 948. The van der Waals surface area contributed by atoms with Crippen molar-refractivity contribution >= 4 is 17.3 Å². The second-order valence-electron chi connectivity index (χ2n) is 8.67. The van der Waals surface area contributed by atoms with E-state index in [-0.39, 0.29) is 17.6 Å². The van der Waals surface area contributed by atoms with Gasteiger partial charge in [0.2, 0.25) is 0 Å². The number of hydrogen-bond acceptors (Lipinski definition) is 5. The van der Waals surface area contributed by atoms with Crippen LogP contribution in [-0.2, 0) is 6.54 Å². The molecule has 2 aromatic carbocycles. The Kier molecular flexibility index (Phi) is 6.51. The zero-order chi connectivity index (χ0) is 21.8. The molecule has 2 aliphatic heterocycles. The molecule has 2 heterocycles. The molecule has 0 radical (unpaired) electrons. The lowest BCUT2D eigenvalue weighted by Crippen LogP contribution is -2.44. The molecule has 1 N–H and O–H groups in total. The number of piperidine rings is 1. The second-order valence-corrected chi connectivity index (χ2v) is 8.67. The quantitative estimate of drug-likeness (QED) is 0.564. The Morgan fingerprint density at radius 3 is 2.52 bits per heavy atom. The van der Waals surface area contributed by atoms with E-state index in [1.54, 1.807) is 6.07 Å². The molecule has 164 valence electrons. The van der Waals surface area contributed by atoms with Crippen LogP contribution in [-0.4, -0.2) is 48.0 Å². The maximum Gasteiger partial charge on any atom is 0.270 e. The first-order chi connectivity index (χ1) is 15.0. The minimum atomic E-state index is -0.436. The Labute approximate surface area is 183 Å². The van der Waals surface area contributed by atoms with Crippen molar-refractivity contribution in [1.29, 1.82) is 0 Å². The van der Waals surface area contributed by atoms with Gasteiger partial charge in [-0.3, -0.25) is 19.8 Å². The third-order valence-electron chi connectivity index (χ3n) is 6.29. The average molecular weight is 423 g/mol. The fourth-order valence-electron chi connectivity index (χ4n) is 4.62. The van der Waals surface area contributed by atoms with Crippen LogP contribution in [0, 0.1) is 17.0 Å². The van der Waals surface area contributed by atoms with Crippen molar-refractivity contribution in [2.45, 2.75) is 45.2 Å². The van der Waals surface area contributed by atoms with Crippen LogP contribution in [0.2, 0.25) is 0 Å². The van der Waals surface area contributed by atoms with E-state index in [9.17, 15) is 14.9 Å². The number of nitro benzene ring substituents is 1. The van der Waals surface area contributed by atoms with Crippen LogP contribution in [0.25, 0.3) is 0 Å². The molecular weight excluding hydrogens is 392 g/mol. The van der Waals surface area contributed by atoms with Crippen LogP contribution in [0.3, 0.4) is 0 Å². The van der Waals surface area contributed by atoms with Crippen LogP contribution in [0.15, 0.2) is 42.5 Å². The van der Waals surface area contributed by atoms with E-state index >= 15 is 0 Å². The van der Waals surface area contributed by atoms with Crippen molar-refractivity contribution in [2.75, 3.05) is 31.1 Å². The standard InChI is InChI=1S/C24H30N4O3/c1-18-5-4-6-19(15-18)17-26-13-9-20(10-14-26)25-24(29)22-16-21(28(30)31)7-8-23(22)27-11-2-3-12-27/h4-8,15-16,20H,2-3,9-14,17H2,1H3,(H,25,29). The molecule has 7 nitrogen and oxygen atoms in total. The van der Waals surface area contributed by atoms with Gasteiger partial charge in [-0.05, 0) is 44.2 Å². The van der Waals surface area contributed by atoms with Gasteiger partial charge in [0.1, 0.15) is 0 Å². The zero-order valence-corrected chi connectivity index (χ0v) is 18.0. The highest BCUT2D eigenvalue weighted by molar-refractivity contribution is 6.00. The summed E-state index contributed by atoms with van der Waals surface area (Å²) in [5.74, 6) is -0.206. The van der Waals surface area contributed by atoms with Gasteiger partial charge >= 0.3 is 0 Å². The first-order valence-electron chi connectivity index (χ1n) is 11.1. The van der Waals surface area contributed by atoms with Crippen LogP contribution >= 0.6 is 0 Å². The summed E-state index contributed by atoms with van der Waals surface area (Å²) in [6.07, 6.45) is 3.92. The normalized spacial score (nSPS) is 17.6. The van der Waals surface area contributed by atoms with Crippen molar-refractivity contribution in [3.8, 4) is 0 Å². The molecule has 2 saturated heterocycles. The van der Waals surface area contributed by atoms with Crippen LogP contribution < -0.4 is 10.2 Å². The van der Waals surface area contributed by atoms with Gasteiger partial charge in [-0.2, -0.15) is 0 Å². The Morgan fingerprint density at radius 1 is 1.10 bits per heavy atom. The van der Waals surface area contributed by atoms with Gasteiger partial charge in [0.25, 0.3) is 11.6 Å². The smallest absolute Gasteiger partial charge is 0.270 e. The minimum Gasteiger partial charge on any atom is -0.371 e. The van der Waals surface area contributed by atoms with E-state index in [4.69, 9.17) is 0 Å². The lowest BCUT2D eigenvalue weighted by Gasteiger charge is -2.32. The number of anilines is 1. The first kappa shape index (κ1) is 21.3. The SMILES string of the molecule is Cc1cccc(CN2CCC(NC(=O)c3cc([N+](=O)[O-])ccc3N3CCCC3)CC2)c1. The Morgan fingerprint density at radius 2 is 1.84 bits per heavy atom. The number of likely N-dealkylation sites (tertiary alicyclic amines) is 1. The predicted molar refractivity (Wildman–Crippen MR) is 121 cm³/mol. The largest absolute Gasteiger partial charge is 0.371 e. The summed E-state index contributed by atoms with van der Waals surface area (Å²) in [5.41, 5.74) is 3.76. The highest BCUT2D eigenvalue weighted by Crippen LogP contribution is 2.28. The molecule has 2 fully saturated rings. The van der Waals surface area contributed by atoms with Gasteiger partial charge in [-0.25, -0.2) is 0 Å². The van der Waals surface area contributed by atoms with Crippen molar-refractivity contribution in [3.63, 3.8) is 0 Å². The second kappa shape index (κ2) is 9.47. The Hall–Kier alpha value is -2.93. The zero-order valence-electron chi connectivity index (χ0n) is 18.0. The van der Waals surface area contributed by atoms with Gasteiger partial charge in [0, 0.05) is 50.9 Å². The topological polar surface area (TPSA) is 78.7 Å². The summed E-state index contributed by atoms with van der Waals surface area (Å²) >= 11 is 0. The number of nitrogens with one attached hydrogen (secondary N) is 1. The maximum absolute atomic E-state index is 13.1. The van der Waals surface area contributed by atoms with E-state index in [0.717, 1.165) is 64.1 Å². The van der Waals surface area contributed by atoms with Gasteiger partial charge in [-0.1, -0.05) is 29.8 Å². The molecule has 4 rings (SSSR count). The van der Waals surface area contributed by atoms with Crippen molar-refractivity contribution in [2.24, 2.45) is 0 Å². The third-order valence-corrected chi connectivity index (χ3v) is 6.29. The molecule has 2 aliphatic rings. The molecule has 7 heteroatoms. The van der Waals surface area contributed by atoms with Crippen molar-refractivity contribution < 1.29 is 9.72 Å². The van der Waals surface area contributed by atoms with Crippen LogP contribution in [0.5, 0.6) is 0 Å². The number of hydrogen-bond donors (Lipinski definition) is 1. The van der Waals surface area contributed by atoms with Crippen LogP contribution in [0.4, 0.5) is 11.4 Å². The van der Waals surface area contributed by atoms with E-state index in [0.29, 0.717) is 5.56 Å². The molecule has 0 bridgehead atoms. The molecule has 2 aromatic rings. The number of aryl methyl sites for hydroxylation is 1. The summed E-state index contributed by atoms with van der Waals surface area (Å²) in [7, 11) is 0. The molecule has 0 aromatic heterocycles. The number of carbonyl (C=O) groups is 1. The third kappa shape index (κ3) is 5.22. The van der Waals surface area contributed by atoms with Crippen molar-refractivity contribution in [1.82, 2.24) is 10.2 Å². The predicted octanol–water partition coefficient (Wildman–Crippen LogP) is 3.90. The first-order valence-corrected chi connectivity index (χ1v) is 11.1. The van der Waals surface area contributed by atoms with E-state index in [1.807, 2.05) is 0 Å². The van der Waals surface area contributed by atoms with E-state index < -0.39 is 4.92 Å². The van der Waals surface area contributed by atoms with E-state index in [2.05, 4.69) is 46.3 Å². The molecule has 0 atom stereocenters. The number of nitro groups is 1. The molecule has 0 saturated carbocycles. The summed E-state index contributed by atoms with van der Waals surface area (Å²) in [6.45, 7) is 6.65. The Balaban J connectivity index is 1.39. The number of non-ortho nitro benzene ring substituents is 1. The van der Waals surface area contributed by atoms with Crippen LogP contribution in [0.1, 0.15) is 47.2 Å². The highest BCUT2D eigenvalue weighted by Gasteiger charge is 2.26. The van der Waals surface area contributed by atoms with Gasteiger partial charge in [-0.15, -0.1) is 0 Å². The number of amides is 1. The molecule has 0 unspecified atom stereocenters. The minimum absolute atomic E-state index is 0.0407. The summed E-state index contributed by atoms with van der Waals surface area (Å²) in [5, 5.41) is 14.4. The lowest BCUT2D eigenvalue weighted by molar-refractivity contribution is -0.384. The van der Waals surface area contributed by atoms with Gasteiger partial charge < -0.3 is 10.2 Å². The fraction of sp³-hybridized carbons (Fsp3) is 0.458. The molecule has 0 spiro atoms. The van der Waals surface area contributed by atoms with Crippen molar-refractivity contribution in [3.05, 3.63) is 69.3 Å². The van der Waals surface area contributed by atoms with E-state index in [1.165, 1.54) is 23.3 Å². The average Bonchev–Trinajstić information content (AvgIpc) is 3.29. The summed E-state index contributed by atoms with van der Waals surface area (Å²) in [6, 6.07) is 13.3. The number of nitrogens with zero attached hydrogens (tertiary/aromatic N) is 3. The molecule has 0 aliphatic carbocycles. The van der Waals surface area contributed by atoms with Gasteiger partial charge in [0.15, 0.2) is 0 Å². The summed E-state index contributed by atoms with van der Waals surface area (Å²) in [4.78, 5) is 28.5. The fourth-order valence-corrected chi connectivity index (χ4v) is 4.62.